The molecule has 1 aromatic carbocycles. The van der Waals surface area contributed by atoms with Crippen LogP contribution in [-0.4, -0.2) is 30.0 Å². The lowest BCUT2D eigenvalue weighted by Gasteiger charge is -2.61. The predicted molar refractivity (Wildman–Crippen MR) is 115 cm³/mol. The summed E-state index contributed by atoms with van der Waals surface area (Å²) >= 11 is 0. The number of nitrogens with zero attached hydrogens (tertiary/aromatic N) is 1. The molecule has 4 heteroatoms. The highest BCUT2D eigenvalue weighted by atomic mass is 16.5. The zero-order valence-corrected chi connectivity index (χ0v) is 18.2. The van der Waals surface area contributed by atoms with Crippen LogP contribution in [0, 0.1) is 28.6 Å². The number of piperidine rings is 1. The van der Waals surface area contributed by atoms with Gasteiger partial charge in [0, 0.05) is 30.6 Å². The van der Waals surface area contributed by atoms with E-state index in [4.69, 9.17) is 10.5 Å². The molecule has 1 aromatic rings. The molecule has 4 fully saturated rings. The topological polar surface area (TPSA) is 55.6 Å². The van der Waals surface area contributed by atoms with Crippen molar-refractivity contribution in [3.8, 4) is 5.75 Å². The number of benzene rings is 1. The Kier molecular flexibility index (Phi) is 4.42. The van der Waals surface area contributed by atoms with Gasteiger partial charge in [0.2, 0.25) is 5.91 Å². The molecule has 4 aliphatic rings. The molecule has 158 valence electrons. The fourth-order valence-electron chi connectivity index (χ4n) is 8.01. The number of carbonyl (C=O) groups excluding carboxylic acids is 1. The van der Waals surface area contributed by atoms with Gasteiger partial charge in [0.25, 0.3) is 0 Å². The van der Waals surface area contributed by atoms with E-state index in [0.29, 0.717) is 23.5 Å². The summed E-state index contributed by atoms with van der Waals surface area (Å²) in [4.78, 5) is 14.4. The zero-order valence-electron chi connectivity index (χ0n) is 18.2. The summed E-state index contributed by atoms with van der Waals surface area (Å²) < 4.78 is 6.54. The number of ether oxygens (including phenoxy) is 1. The molecule has 0 radical (unpaired) electrons. The van der Waals surface area contributed by atoms with Gasteiger partial charge in [-0.25, -0.2) is 0 Å². The average molecular weight is 397 g/mol. The van der Waals surface area contributed by atoms with Gasteiger partial charge in [-0.3, -0.25) is 4.79 Å². The van der Waals surface area contributed by atoms with Crippen molar-refractivity contribution in [3.05, 3.63) is 24.3 Å². The largest absolute Gasteiger partial charge is 0.490 e. The number of nitrogens with two attached hydrogens (primary N) is 1. The summed E-state index contributed by atoms with van der Waals surface area (Å²) in [6.07, 6.45) is 9.55. The van der Waals surface area contributed by atoms with E-state index in [2.05, 4.69) is 18.7 Å². The van der Waals surface area contributed by atoms with Crippen molar-refractivity contribution >= 4 is 11.6 Å². The Morgan fingerprint density at radius 3 is 2.45 bits per heavy atom. The molecule has 0 bridgehead atoms. The minimum Gasteiger partial charge on any atom is -0.490 e. The number of likely N-dealkylation sites (tertiary alicyclic amines) is 1. The first-order valence-electron chi connectivity index (χ1n) is 11.6. The first-order chi connectivity index (χ1) is 13.8. The Balaban J connectivity index is 1.37. The Morgan fingerprint density at radius 2 is 1.69 bits per heavy atom. The molecule has 2 unspecified atom stereocenters. The highest BCUT2D eigenvalue weighted by molar-refractivity contribution is 5.77. The number of nitrogen functional groups attached to an aromatic ring is 1. The van der Waals surface area contributed by atoms with E-state index < -0.39 is 0 Å². The summed E-state index contributed by atoms with van der Waals surface area (Å²) in [7, 11) is 2.05. The monoisotopic (exact) mass is 396 g/mol. The lowest BCUT2D eigenvalue weighted by Crippen LogP contribution is -2.61. The van der Waals surface area contributed by atoms with Gasteiger partial charge in [0.1, 0.15) is 11.9 Å². The minimum atomic E-state index is 0.266. The molecule has 1 heterocycles. The number of hydrogen-bond donors (Lipinski definition) is 1. The third-order valence-electron chi connectivity index (χ3n) is 9.63. The first-order valence-corrected chi connectivity index (χ1v) is 11.6. The highest BCUT2D eigenvalue weighted by Crippen LogP contribution is 2.65. The van der Waals surface area contributed by atoms with E-state index in [0.717, 1.165) is 48.5 Å². The molecular weight excluding hydrogens is 360 g/mol. The highest BCUT2D eigenvalue weighted by Gasteiger charge is 2.61. The van der Waals surface area contributed by atoms with Crippen LogP contribution in [0.15, 0.2) is 24.3 Å². The van der Waals surface area contributed by atoms with Gasteiger partial charge in [-0.15, -0.1) is 0 Å². The van der Waals surface area contributed by atoms with Crippen molar-refractivity contribution < 1.29 is 9.53 Å². The minimum absolute atomic E-state index is 0.266. The van der Waals surface area contributed by atoms with Crippen molar-refractivity contribution in [1.29, 1.82) is 0 Å². The third kappa shape index (κ3) is 2.81. The van der Waals surface area contributed by atoms with Crippen LogP contribution in [0.4, 0.5) is 5.69 Å². The average Bonchev–Trinajstić information content (AvgIpc) is 3.03. The second-order valence-corrected chi connectivity index (χ2v) is 10.8. The standard InChI is InChI=1S/C25H36N2O2/c1-24-15-13-23(28)27(3)21(24)10-8-18-19-9-11-22(25(19,2)14-12-20(18)24)29-17-6-4-16(26)5-7-17/h4-7,18-22H,8-15,26H2,1-3H3/t18-,19-,20+,21?,22?,24+,25-/m0/s1. The van der Waals surface area contributed by atoms with Crippen molar-refractivity contribution in [3.63, 3.8) is 0 Å². The summed E-state index contributed by atoms with van der Waals surface area (Å²) in [5.74, 6) is 3.60. The van der Waals surface area contributed by atoms with Crippen LogP contribution in [0.2, 0.25) is 0 Å². The van der Waals surface area contributed by atoms with Crippen LogP contribution in [0.1, 0.15) is 65.2 Å². The SMILES string of the molecule is CN1C(=O)CC[C@@]2(C)C1CC[C@@H]1[C@H]2CC[C@]2(C)C(Oc3ccc(N)cc3)CC[C@@H]12. The first kappa shape index (κ1) is 19.3. The van der Waals surface area contributed by atoms with E-state index in [9.17, 15) is 4.79 Å². The van der Waals surface area contributed by atoms with Crippen LogP contribution in [0.5, 0.6) is 5.75 Å². The molecule has 2 N–H and O–H groups in total. The molecule has 29 heavy (non-hydrogen) atoms. The zero-order chi connectivity index (χ0) is 20.4. The smallest absolute Gasteiger partial charge is 0.222 e. The molecule has 3 saturated carbocycles. The summed E-state index contributed by atoms with van der Waals surface area (Å²) in [6, 6.07) is 8.34. The van der Waals surface area contributed by atoms with E-state index in [1.165, 1.54) is 32.1 Å². The summed E-state index contributed by atoms with van der Waals surface area (Å²) in [5, 5.41) is 0. The molecule has 5 rings (SSSR count). The van der Waals surface area contributed by atoms with Gasteiger partial charge < -0.3 is 15.4 Å². The molecule has 0 spiro atoms. The van der Waals surface area contributed by atoms with Crippen molar-refractivity contribution in [2.75, 3.05) is 12.8 Å². The number of amides is 1. The van der Waals surface area contributed by atoms with Crippen LogP contribution >= 0.6 is 0 Å². The lowest BCUT2D eigenvalue weighted by molar-refractivity contribution is -0.159. The van der Waals surface area contributed by atoms with Crippen LogP contribution < -0.4 is 10.5 Å². The fraction of sp³-hybridized carbons (Fsp3) is 0.720. The van der Waals surface area contributed by atoms with Crippen LogP contribution in [-0.2, 0) is 4.79 Å². The Morgan fingerprint density at radius 1 is 0.966 bits per heavy atom. The van der Waals surface area contributed by atoms with Gasteiger partial charge >= 0.3 is 0 Å². The molecule has 3 aliphatic carbocycles. The number of anilines is 1. The van der Waals surface area contributed by atoms with Gasteiger partial charge in [0.05, 0.1) is 0 Å². The normalized spacial score (nSPS) is 44.0. The number of fused-ring (bicyclic) bond motifs is 5. The second-order valence-electron chi connectivity index (χ2n) is 10.8. The molecular formula is C25H36N2O2. The van der Waals surface area contributed by atoms with E-state index in [-0.39, 0.29) is 5.41 Å². The number of rotatable bonds is 2. The summed E-state index contributed by atoms with van der Waals surface area (Å²) in [6.45, 7) is 4.99. The predicted octanol–water partition coefficient (Wildman–Crippen LogP) is 4.88. The van der Waals surface area contributed by atoms with Crippen LogP contribution in [0.25, 0.3) is 0 Å². The molecule has 7 atom stereocenters. The molecule has 4 nitrogen and oxygen atoms in total. The second kappa shape index (κ2) is 6.65. The number of carbonyl (C=O) groups is 1. The quantitative estimate of drug-likeness (QED) is 0.725. The Labute approximate surface area is 175 Å². The van der Waals surface area contributed by atoms with Gasteiger partial charge in [0.15, 0.2) is 0 Å². The maximum absolute atomic E-state index is 12.3. The van der Waals surface area contributed by atoms with Gasteiger partial charge in [-0.1, -0.05) is 13.8 Å². The molecule has 1 aliphatic heterocycles. The van der Waals surface area contributed by atoms with Gasteiger partial charge in [-0.2, -0.15) is 0 Å². The van der Waals surface area contributed by atoms with Gasteiger partial charge in [-0.05, 0) is 92.4 Å². The van der Waals surface area contributed by atoms with E-state index in [1.807, 2.05) is 31.3 Å². The van der Waals surface area contributed by atoms with Crippen LogP contribution in [0.3, 0.4) is 0 Å². The fourth-order valence-corrected chi connectivity index (χ4v) is 8.01. The maximum Gasteiger partial charge on any atom is 0.222 e. The molecule has 1 amide bonds. The van der Waals surface area contributed by atoms with Crippen molar-refractivity contribution in [1.82, 2.24) is 4.90 Å². The third-order valence-corrected chi connectivity index (χ3v) is 9.63. The van der Waals surface area contributed by atoms with Crippen molar-refractivity contribution in [2.24, 2.45) is 28.6 Å². The molecule has 1 saturated heterocycles. The number of hydrogen-bond acceptors (Lipinski definition) is 3. The lowest BCUT2D eigenvalue weighted by atomic mass is 9.47. The summed E-state index contributed by atoms with van der Waals surface area (Å²) in [5.41, 5.74) is 7.19. The molecule has 0 aromatic heterocycles. The van der Waals surface area contributed by atoms with E-state index >= 15 is 0 Å². The van der Waals surface area contributed by atoms with E-state index in [1.54, 1.807) is 0 Å². The Bertz CT molecular complexity index is 793. The maximum atomic E-state index is 12.3. The Hall–Kier alpha value is -1.71. The van der Waals surface area contributed by atoms with Crippen molar-refractivity contribution in [2.45, 2.75) is 77.4 Å².